The molecule has 0 aliphatic rings. The summed E-state index contributed by atoms with van der Waals surface area (Å²) < 4.78 is 49.0. The fourth-order valence-electron chi connectivity index (χ4n) is 1.91. The predicted molar refractivity (Wildman–Crippen MR) is 95.3 cm³/mol. The molecule has 1 aromatic carbocycles. The largest absolute Gasteiger partial charge is 0.489 e. The van der Waals surface area contributed by atoms with Crippen LogP contribution in [0.2, 0.25) is 0 Å². The van der Waals surface area contributed by atoms with Crippen LogP contribution in [-0.2, 0) is 10.9 Å². The number of rotatable bonds is 5. The molecule has 0 bridgehead atoms. The molecule has 5 nitrogen and oxygen atoms in total. The smallest absolute Gasteiger partial charge is 0.416 e. The number of carbonyl (C=O) groups excluding carboxylic acids is 1. The monoisotopic (exact) mass is 388 g/mol. The zero-order valence-electron chi connectivity index (χ0n) is 14.5. The number of ether oxygens (including phenoxy) is 2. The molecule has 0 amide bonds. The van der Waals surface area contributed by atoms with Crippen LogP contribution >= 0.6 is 11.3 Å². The summed E-state index contributed by atoms with van der Waals surface area (Å²) in [7, 11) is 1.14. The van der Waals surface area contributed by atoms with Crippen molar-refractivity contribution in [3.8, 4) is 16.2 Å². The molecule has 9 heteroatoms. The second kappa shape index (κ2) is 9.23. The number of hydrogen-bond acceptors (Lipinski definition) is 6. The number of nitrogen functional groups attached to an aromatic ring is 1. The van der Waals surface area contributed by atoms with Crippen LogP contribution in [0.5, 0.6) is 5.75 Å². The van der Waals surface area contributed by atoms with E-state index in [1.165, 1.54) is 12.1 Å². The highest BCUT2D eigenvalue weighted by Gasteiger charge is 2.32. The second-order valence-corrected chi connectivity index (χ2v) is 5.56. The predicted octanol–water partition coefficient (Wildman–Crippen LogP) is 4.79. The van der Waals surface area contributed by atoms with Gasteiger partial charge in [-0.3, -0.25) is 0 Å². The molecule has 0 spiro atoms. The van der Waals surface area contributed by atoms with Crippen LogP contribution in [0.4, 0.5) is 18.3 Å². The van der Waals surface area contributed by atoms with Gasteiger partial charge in [0.25, 0.3) is 0 Å². The van der Waals surface area contributed by atoms with E-state index >= 15 is 0 Å². The summed E-state index contributed by atoms with van der Waals surface area (Å²) in [6.07, 6.45) is -3.10. The fourth-order valence-corrected chi connectivity index (χ4v) is 2.75. The first-order valence-electron chi connectivity index (χ1n) is 7.57. The van der Waals surface area contributed by atoms with E-state index in [-0.39, 0.29) is 33.6 Å². The minimum Gasteiger partial charge on any atom is -0.489 e. The van der Waals surface area contributed by atoms with Crippen molar-refractivity contribution < 1.29 is 27.4 Å². The molecule has 0 aliphatic heterocycles. The molecule has 0 saturated heterocycles. The van der Waals surface area contributed by atoms with Gasteiger partial charge in [-0.25, -0.2) is 9.78 Å². The number of aromatic nitrogens is 1. The number of carbonyl (C=O) groups is 1. The Morgan fingerprint density at radius 3 is 2.58 bits per heavy atom. The van der Waals surface area contributed by atoms with E-state index in [0.717, 1.165) is 30.6 Å². The third kappa shape index (κ3) is 4.98. The SMILES string of the molecule is C=CCOc1ccc(C(F)(F)F)cc1-c1sc(N)nc1C(=O)OC.CC. The van der Waals surface area contributed by atoms with Gasteiger partial charge in [0, 0.05) is 5.56 Å². The molecule has 0 aliphatic carbocycles. The van der Waals surface area contributed by atoms with Crippen molar-refractivity contribution in [3.63, 3.8) is 0 Å². The van der Waals surface area contributed by atoms with Crippen LogP contribution in [0, 0.1) is 0 Å². The minimum atomic E-state index is -4.55. The first-order chi connectivity index (χ1) is 12.3. The van der Waals surface area contributed by atoms with Gasteiger partial charge in [0.2, 0.25) is 0 Å². The molecule has 1 aromatic heterocycles. The molecule has 2 N–H and O–H groups in total. The summed E-state index contributed by atoms with van der Waals surface area (Å²) in [5.74, 6) is -0.651. The number of anilines is 1. The number of halogens is 3. The maximum atomic E-state index is 13.0. The lowest BCUT2D eigenvalue weighted by Gasteiger charge is -2.13. The average Bonchev–Trinajstić information content (AvgIpc) is 3.01. The number of nitrogens with two attached hydrogens (primary N) is 1. The molecular formula is C17H19F3N2O3S. The topological polar surface area (TPSA) is 74.4 Å². The van der Waals surface area contributed by atoms with Crippen molar-refractivity contribution in [2.45, 2.75) is 20.0 Å². The molecular weight excluding hydrogens is 369 g/mol. The highest BCUT2D eigenvalue weighted by Crippen LogP contribution is 2.41. The Morgan fingerprint density at radius 2 is 2.04 bits per heavy atom. The zero-order chi connectivity index (χ0) is 19.9. The second-order valence-electron chi connectivity index (χ2n) is 4.53. The molecule has 142 valence electrons. The van der Waals surface area contributed by atoms with Crippen LogP contribution in [0.15, 0.2) is 30.9 Å². The zero-order valence-corrected chi connectivity index (χ0v) is 15.3. The normalized spacial score (nSPS) is 10.5. The molecule has 0 unspecified atom stereocenters. The number of benzene rings is 1. The molecule has 0 atom stereocenters. The highest BCUT2D eigenvalue weighted by molar-refractivity contribution is 7.19. The van der Waals surface area contributed by atoms with Crippen molar-refractivity contribution >= 4 is 22.4 Å². The van der Waals surface area contributed by atoms with Crippen molar-refractivity contribution in [2.24, 2.45) is 0 Å². The van der Waals surface area contributed by atoms with Gasteiger partial charge >= 0.3 is 12.1 Å². The Labute approximate surface area is 153 Å². The summed E-state index contributed by atoms with van der Waals surface area (Å²) in [6.45, 7) is 7.57. The fraction of sp³-hybridized carbons (Fsp3) is 0.294. The molecule has 1 heterocycles. The van der Waals surface area contributed by atoms with Gasteiger partial charge in [-0.15, -0.1) is 0 Å². The van der Waals surface area contributed by atoms with Crippen LogP contribution in [0.25, 0.3) is 10.4 Å². The summed E-state index contributed by atoms with van der Waals surface area (Å²) in [5.41, 5.74) is 4.61. The van der Waals surface area contributed by atoms with Crippen molar-refractivity contribution in [1.82, 2.24) is 4.98 Å². The quantitative estimate of drug-likeness (QED) is 0.589. The Bertz CT molecular complexity index is 773. The van der Waals surface area contributed by atoms with Gasteiger partial charge in [-0.05, 0) is 18.2 Å². The van der Waals surface area contributed by atoms with Gasteiger partial charge in [0.1, 0.15) is 12.4 Å². The van der Waals surface area contributed by atoms with E-state index in [9.17, 15) is 18.0 Å². The lowest BCUT2D eigenvalue weighted by atomic mass is 10.1. The van der Waals surface area contributed by atoms with Crippen LogP contribution in [0.3, 0.4) is 0 Å². The molecule has 2 rings (SSSR count). The summed E-state index contributed by atoms with van der Waals surface area (Å²) in [6, 6.07) is 2.96. The molecule has 0 saturated carbocycles. The summed E-state index contributed by atoms with van der Waals surface area (Å²) in [5, 5.41) is 0.0254. The maximum absolute atomic E-state index is 13.0. The number of thiazole rings is 1. The van der Waals surface area contributed by atoms with E-state index in [4.69, 9.17) is 10.5 Å². The number of methoxy groups -OCH3 is 1. The van der Waals surface area contributed by atoms with Crippen LogP contribution < -0.4 is 10.5 Å². The molecule has 0 radical (unpaired) electrons. The summed E-state index contributed by atoms with van der Waals surface area (Å²) in [4.78, 5) is 15.8. The molecule has 2 aromatic rings. The Balaban J connectivity index is 0.00000163. The van der Waals surface area contributed by atoms with Crippen molar-refractivity contribution in [2.75, 3.05) is 19.5 Å². The van der Waals surface area contributed by atoms with E-state index in [1.54, 1.807) is 0 Å². The van der Waals surface area contributed by atoms with Crippen molar-refractivity contribution in [3.05, 3.63) is 42.1 Å². The Morgan fingerprint density at radius 1 is 1.38 bits per heavy atom. The Hall–Kier alpha value is -2.55. The van der Waals surface area contributed by atoms with Crippen molar-refractivity contribution in [1.29, 1.82) is 0 Å². The number of hydrogen-bond donors (Lipinski definition) is 1. The number of nitrogens with zero attached hydrogens (tertiary/aromatic N) is 1. The van der Waals surface area contributed by atoms with Gasteiger partial charge in [0.15, 0.2) is 10.8 Å². The molecule has 0 fully saturated rings. The minimum absolute atomic E-state index is 0.0254. The maximum Gasteiger partial charge on any atom is 0.416 e. The third-order valence-corrected chi connectivity index (χ3v) is 3.85. The van der Waals surface area contributed by atoms with Gasteiger partial charge in [-0.2, -0.15) is 13.2 Å². The molecule has 26 heavy (non-hydrogen) atoms. The number of alkyl halides is 3. The van der Waals surface area contributed by atoms with E-state index in [1.807, 2.05) is 13.8 Å². The first-order valence-corrected chi connectivity index (χ1v) is 8.39. The lowest BCUT2D eigenvalue weighted by molar-refractivity contribution is -0.137. The van der Waals surface area contributed by atoms with Gasteiger partial charge in [-0.1, -0.05) is 37.8 Å². The van der Waals surface area contributed by atoms with E-state index in [2.05, 4.69) is 16.3 Å². The third-order valence-electron chi connectivity index (χ3n) is 2.93. The van der Waals surface area contributed by atoms with E-state index in [0.29, 0.717) is 0 Å². The van der Waals surface area contributed by atoms with Gasteiger partial charge in [0.05, 0.1) is 17.6 Å². The Kier molecular flexibility index (Phi) is 7.63. The summed E-state index contributed by atoms with van der Waals surface area (Å²) >= 11 is 0.871. The van der Waals surface area contributed by atoms with E-state index < -0.39 is 17.7 Å². The lowest BCUT2D eigenvalue weighted by Crippen LogP contribution is -2.07. The van der Waals surface area contributed by atoms with Gasteiger partial charge < -0.3 is 15.2 Å². The standard InChI is InChI=1S/C15H13F3N2O3S.C2H6/c1-3-6-23-10-5-4-8(15(16,17)18)7-9(10)12-11(13(21)22-2)20-14(19)24-12;1-2/h3-5,7H,1,6H2,2H3,(H2,19,20);1-2H3. The number of esters is 1. The average molecular weight is 388 g/mol. The van der Waals surface area contributed by atoms with Crippen LogP contribution in [-0.4, -0.2) is 24.7 Å². The first kappa shape index (κ1) is 21.5. The highest BCUT2D eigenvalue weighted by atomic mass is 32.1. The van der Waals surface area contributed by atoms with Crippen LogP contribution in [0.1, 0.15) is 29.9 Å².